The molecule has 0 aliphatic rings. The van der Waals surface area contributed by atoms with Gasteiger partial charge in [-0.15, -0.1) is 10.2 Å². The molecule has 0 saturated heterocycles. The van der Waals surface area contributed by atoms with Gasteiger partial charge in [0.2, 0.25) is 11.8 Å². The number of hydrogen-bond acceptors (Lipinski definition) is 4. The Morgan fingerprint density at radius 2 is 1.63 bits per heavy atom. The van der Waals surface area contributed by atoms with Gasteiger partial charge in [0, 0.05) is 30.6 Å². The van der Waals surface area contributed by atoms with E-state index in [1.807, 2.05) is 65.5 Å². The molecule has 0 fully saturated rings. The number of nitrogens with zero attached hydrogens (tertiary/aromatic N) is 3. The maximum absolute atomic E-state index is 12.1. The summed E-state index contributed by atoms with van der Waals surface area (Å²) in [5.74, 6) is 1.76. The number of aryl methyl sites for hydroxylation is 1. The van der Waals surface area contributed by atoms with E-state index in [0.717, 1.165) is 24.3 Å². The van der Waals surface area contributed by atoms with Crippen LogP contribution in [-0.4, -0.2) is 20.7 Å². The van der Waals surface area contributed by atoms with Crippen molar-refractivity contribution in [2.45, 2.75) is 19.3 Å². The molecule has 0 saturated carbocycles. The third-order valence-corrected chi connectivity index (χ3v) is 4.57. The molecule has 2 aromatic heterocycles. The molecule has 0 radical (unpaired) electrons. The van der Waals surface area contributed by atoms with Crippen LogP contribution in [-0.2, 0) is 11.2 Å². The van der Waals surface area contributed by atoms with Crippen LogP contribution in [0.5, 0.6) is 11.6 Å². The van der Waals surface area contributed by atoms with Gasteiger partial charge in [0.1, 0.15) is 5.75 Å². The first-order valence-electron chi connectivity index (χ1n) is 9.85. The lowest BCUT2D eigenvalue weighted by Crippen LogP contribution is -2.11. The molecule has 0 unspecified atom stereocenters. The molecular weight excluding hydrogens is 376 g/mol. The fourth-order valence-corrected chi connectivity index (χ4v) is 3.04. The van der Waals surface area contributed by atoms with Crippen molar-refractivity contribution >= 4 is 11.6 Å². The van der Waals surface area contributed by atoms with Crippen LogP contribution in [0.3, 0.4) is 0 Å². The number of carbonyl (C=O) groups excluding carboxylic acids is 1. The highest BCUT2D eigenvalue weighted by Gasteiger charge is 2.05. The maximum Gasteiger partial charge on any atom is 0.238 e. The molecule has 6 heteroatoms. The van der Waals surface area contributed by atoms with Gasteiger partial charge in [0.15, 0.2) is 5.82 Å². The average molecular weight is 398 g/mol. The highest BCUT2D eigenvalue weighted by molar-refractivity contribution is 5.90. The molecule has 1 amide bonds. The van der Waals surface area contributed by atoms with Crippen molar-refractivity contribution in [2.75, 3.05) is 5.32 Å². The van der Waals surface area contributed by atoms with E-state index in [2.05, 4.69) is 27.6 Å². The van der Waals surface area contributed by atoms with E-state index in [0.29, 0.717) is 18.1 Å². The number of amides is 1. The molecule has 0 atom stereocenters. The Labute approximate surface area is 175 Å². The number of carbonyl (C=O) groups is 1. The third kappa shape index (κ3) is 5.32. The summed E-state index contributed by atoms with van der Waals surface area (Å²) in [4.78, 5) is 12.1. The number of anilines is 1. The first-order chi connectivity index (χ1) is 14.8. The van der Waals surface area contributed by atoms with E-state index >= 15 is 0 Å². The van der Waals surface area contributed by atoms with Gasteiger partial charge < -0.3 is 14.6 Å². The van der Waals surface area contributed by atoms with Gasteiger partial charge >= 0.3 is 0 Å². The van der Waals surface area contributed by atoms with Gasteiger partial charge in [0.05, 0.1) is 0 Å². The Balaban J connectivity index is 1.26. The van der Waals surface area contributed by atoms with Crippen molar-refractivity contribution in [1.29, 1.82) is 0 Å². The van der Waals surface area contributed by atoms with Gasteiger partial charge in [-0.25, -0.2) is 0 Å². The van der Waals surface area contributed by atoms with Crippen molar-refractivity contribution in [3.63, 3.8) is 0 Å². The fraction of sp³-hybridized carbons (Fsp3) is 0.125. The third-order valence-electron chi connectivity index (χ3n) is 4.57. The van der Waals surface area contributed by atoms with Crippen molar-refractivity contribution in [3.8, 4) is 17.4 Å². The maximum atomic E-state index is 12.1. The molecule has 6 nitrogen and oxygen atoms in total. The van der Waals surface area contributed by atoms with Crippen LogP contribution in [0.2, 0.25) is 0 Å². The quantitative estimate of drug-likeness (QED) is 0.452. The number of ether oxygens (including phenoxy) is 1. The fourth-order valence-electron chi connectivity index (χ4n) is 3.04. The van der Waals surface area contributed by atoms with Crippen LogP contribution in [0, 0.1) is 0 Å². The number of hydrogen-bond donors (Lipinski definition) is 1. The monoisotopic (exact) mass is 398 g/mol. The Morgan fingerprint density at radius 1 is 0.867 bits per heavy atom. The number of rotatable bonds is 8. The Bertz CT molecular complexity index is 1060. The average Bonchev–Trinajstić information content (AvgIpc) is 3.31. The molecule has 0 aliphatic heterocycles. The normalized spacial score (nSPS) is 10.5. The van der Waals surface area contributed by atoms with Gasteiger partial charge in [-0.2, -0.15) is 0 Å². The van der Waals surface area contributed by atoms with Crippen LogP contribution in [0.25, 0.3) is 5.82 Å². The topological polar surface area (TPSA) is 69.0 Å². The van der Waals surface area contributed by atoms with E-state index < -0.39 is 0 Å². The van der Waals surface area contributed by atoms with E-state index in [9.17, 15) is 4.79 Å². The molecule has 0 spiro atoms. The Kier molecular flexibility index (Phi) is 6.15. The number of aromatic nitrogens is 3. The molecule has 4 aromatic rings. The van der Waals surface area contributed by atoms with Crippen molar-refractivity contribution in [3.05, 3.63) is 96.8 Å². The van der Waals surface area contributed by atoms with E-state index in [-0.39, 0.29) is 5.91 Å². The minimum absolute atomic E-state index is 0.00562. The molecule has 0 aliphatic carbocycles. The highest BCUT2D eigenvalue weighted by Crippen LogP contribution is 2.21. The number of nitrogens with one attached hydrogen (secondary N) is 1. The van der Waals surface area contributed by atoms with E-state index in [1.165, 1.54) is 5.56 Å². The van der Waals surface area contributed by atoms with Crippen LogP contribution in [0.4, 0.5) is 5.69 Å². The van der Waals surface area contributed by atoms with Crippen molar-refractivity contribution < 1.29 is 9.53 Å². The summed E-state index contributed by atoms with van der Waals surface area (Å²) < 4.78 is 7.60. The van der Waals surface area contributed by atoms with Crippen molar-refractivity contribution in [2.24, 2.45) is 0 Å². The zero-order valence-electron chi connectivity index (χ0n) is 16.4. The standard InChI is InChI=1S/C24H22N4O2/c29-23(10-6-9-19-7-2-1-3-8-19)25-20-11-13-21(14-12-20)30-24-16-15-22(26-27-24)28-17-4-5-18-28/h1-5,7-8,11-18H,6,9-10H2,(H,25,29). The van der Waals surface area contributed by atoms with Gasteiger partial charge in [-0.3, -0.25) is 4.79 Å². The summed E-state index contributed by atoms with van der Waals surface area (Å²) in [5, 5.41) is 11.2. The molecule has 0 bridgehead atoms. The summed E-state index contributed by atoms with van der Waals surface area (Å²) in [6, 6.07) is 24.9. The van der Waals surface area contributed by atoms with Crippen molar-refractivity contribution in [1.82, 2.24) is 14.8 Å². The zero-order chi connectivity index (χ0) is 20.6. The molecule has 1 N–H and O–H groups in total. The lowest BCUT2D eigenvalue weighted by molar-refractivity contribution is -0.116. The molecule has 4 rings (SSSR count). The van der Waals surface area contributed by atoms with Crippen LogP contribution >= 0.6 is 0 Å². The second-order valence-corrected chi connectivity index (χ2v) is 6.83. The van der Waals surface area contributed by atoms with Gasteiger partial charge in [0.25, 0.3) is 0 Å². The minimum atomic E-state index is 0.00562. The summed E-state index contributed by atoms with van der Waals surface area (Å²) in [7, 11) is 0. The predicted octanol–water partition coefficient (Wildman–Crippen LogP) is 5.02. The zero-order valence-corrected chi connectivity index (χ0v) is 16.4. The lowest BCUT2D eigenvalue weighted by atomic mass is 10.1. The van der Waals surface area contributed by atoms with Gasteiger partial charge in [-0.1, -0.05) is 30.3 Å². The SMILES string of the molecule is O=C(CCCc1ccccc1)Nc1ccc(Oc2ccc(-n3cccc3)nn2)cc1. The second-order valence-electron chi connectivity index (χ2n) is 6.83. The summed E-state index contributed by atoms with van der Waals surface area (Å²) in [6.07, 6.45) is 5.99. The number of benzene rings is 2. The van der Waals surface area contributed by atoms with Crippen LogP contribution in [0.15, 0.2) is 91.3 Å². The molecule has 2 aromatic carbocycles. The Hall–Kier alpha value is -3.93. The highest BCUT2D eigenvalue weighted by atomic mass is 16.5. The minimum Gasteiger partial charge on any atom is -0.438 e. The smallest absolute Gasteiger partial charge is 0.238 e. The molecule has 30 heavy (non-hydrogen) atoms. The first-order valence-corrected chi connectivity index (χ1v) is 9.85. The van der Waals surface area contributed by atoms with E-state index in [1.54, 1.807) is 18.2 Å². The summed E-state index contributed by atoms with van der Waals surface area (Å²) in [6.45, 7) is 0. The molecule has 150 valence electrons. The lowest BCUT2D eigenvalue weighted by Gasteiger charge is -2.08. The predicted molar refractivity (Wildman–Crippen MR) is 116 cm³/mol. The molecular formula is C24H22N4O2. The Morgan fingerprint density at radius 3 is 2.33 bits per heavy atom. The first kappa shape index (κ1) is 19.4. The van der Waals surface area contributed by atoms with Crippen LogP contribution in [0.1, 0.15) is 18.4 Å². The molecule has 2 heterocycles. The van der Waals surface area contributed by atoms with E-state index in [4.69, 9.17) is 4.74 Å². The largest absolute Gasteiger partial charge is 0.438 e. The summed E-state index contributed by atoms with van der Waals surface area (Å²) >= 11 is 0. The summed E-state index contributed by atoms with van der Waals surface area (Å²) in [5.41, 5.74) is 1.98. The van der Waals surface area contributed by atoms with Gasteiger partial charge in [-0.05, 0) is 60.9 Å². The van der Waals surface area contributed by atoms with Crippen LogP contribution < -0.4 is 10.1 Å². The second kappa shape index (κ2) is 9.52.